The van der Waals surface area contributed by atoms with Gasteiger partial charge in [-0.2, -0.15) is 0 Å². The van der Waals surface area contributed by atoms with Crippen molar-refractivity contribution in [3.63, 3.8) is 0 Å². The summed E-state index contributed by atoms with van der Waals surface area (Å²) in [5.41, 5.74) is 1.18. The lowest BCUT2D eigenvalue weighted by molar-refractivity contribution is 0.0779. The number of amides is 1. The van der Waals surface area contributed by atoms with Crippen molar-refractivity contribution in [2.45, 2.75) is 6.54 Å². The molecular formula is C14H14N2O2. The number of benzene rings is 1. The third-order valence-electron chi connectivity index (χ3n) is 2.61. The molecule has 0 saturated carbocycles. The molecule has 1 heterocycles. The van der Waals surface area contributed by atoms with Crippen molar-refractivity contribution in [1.29, 1.82) is 0 Å². The van der Waals surface area contributed by atoms with E-state index in [1.807, 2.05) is 30.3 Å². The number of rotatable bonds is 3. The maximum Gasteiger partial charge on any atom is 0.270 e. The molecule has 1 aromatic heterocycles. The molecule has 0 spiro atoms. The predicted molar refractivity (Wildman–Crippen MR) is 69.3 cm³/mol. The minimum Gasteiger partial charge on any atom is -0.357 e. The second kappa shape index (κ2) is 5.31. The second-order valence-electron chi connectivity index (χ2n) is 4.08. The second-order valence-corrected chi connectivity index (χ2v) is 4.08. The number of carbonyl (C=O) groups is 1. The highest BCUT2D eigenvalue weighted by Gasteiger charge is 2.12. The van der Waals surface area contributed by atoms with E-state index in [9.17, 15) is 9.59 Å². The highest BCUT2D eigenvalue weighted by molar-refractivity contribution is 5.91. The molecular weight excluding hydrogens is 228 g/mol. The molecule has 1 N–H and O–H groups in total. The van der Waals surface area contributed by atoms with Crippen LogP contribution in [-0.4, -0.2) is 22.8 Å². The van der Waals surface area contributed by atoms with Gasteiger partial charge in [-0.25, -0.2) is 0 Å². The van der Waals surface area contributed by atoms with E-state index in [0.29, 0.717) is 12.2 Å². The molecule has 0 aliphatic carbocycles. The van der Waals surface area contributed by atoms with E-state index in [2.05, 4.69) is 4.98 Å². The number of hydrogen-bond acceptors (Lipinski definition) is 2. The van der Waals surface area contributed by atoms with Gasteiger partial charge in [0.1, 0.15) is 5.69 Å². The fourth-order valence-corrected chi connectivity index (χ4v) is 1.70. The van der Waals surface area contributed by atoms with Crippen LogP contribution in [-0.2, 0) is 6.54 Å². The van der Waals surface area contributed by atoms with Crippen molar-refractivity contribution in [3.8, 4) is 0 Å². The van der Waals surface area contributed by atoms with E-state index in [-0.39, 0.29) is 11.3 Å². The first-order chi connectivity index (χ1) is 8.66. The molecule has 0 bridgehead atoms. The number of aromatic amines is 1. The van der Waals surface area contributed by atoms with Crippen molar-refractivity contribution in [2.75, 3.05) is 7.05 Å². The Labute approximate surface area is 105 Å². The van der Waals surface area contributed by atoms with Crippen LogP contribution >= 0.6 is 0 Å². The van der Waals surface area contributed by atoms with E-state index < -0.39 is 0 Å². The lowest BCUT2D eigenvalue weighted by Crippen LogP contribution is -2.27. The summed E-state index contributed by atoms with van der Waals surface area (Å²) in [4.78, 5) is 27.6. The SMILES string of the molecule is CN(Cc1ccccc1)C(=O)c1cc(=O)cc[nH]1. The van der Waals surface area contributed by atoms with Gasteiger partial charge < -0.3 is 9.88 Å². The van der Waals surface area contributed by atoms with Gasteiger partial charge in [-0.15, -0.1) is 0 Å². The van der Waals surface area contributed by atoms with Gasteiger partial charge in [0.2, 0.25) is 0 Å². The molecule has 0 atom stereocenters. The number of hydrogen-bond donors (Lipinski definition) is 1. The minimum atomic E-state index is -0.198. The first kappa shape index (κ1) is 12.1. The Morgan fingerprint density at radius 2 is 1.94 bits per heavy atom. The number of pyridine rings is 1. The lowest BCUT2D eigenvalue weighted by atomic mass is 10.2. The predicted octanol–water partition coefficient (Wildman–Crippen LogP) is 1.65. The van der Waals surface area contributed by atoms with E-state index in [1.165, 1.54) is 18.3 Å². The zero-order valence-corrected chi connectivity index (χ0v) is 10.1. The van der Waals surface area contributed by atoms with Crippen molar-refractivity contribution < 1.29 is 4.79 Å². The van der Waals surface area contributed by atoms with Crippen LogP contribution in [0.5, 0.6) is 0 Å². The molecule has 0 unspecified atom stereocenters. The van der Waals surface area contributed by atoms with Crippen LogP contribution in [0.3, 0.4) is 0 Å². The van der Waals surface area contributed by atoms with Gasteiger partial charge in [0.25, 0.3) is 5.91 Å². The summed E-state index contributed by atoms with van der Waals surface area (Å²) in [7, 11) is 1.71. The average molecular weight is 242 g/mol. The molecule has 4 heteroatoms. The van der Waals surface area contributed by atoms with Crippen molar-refractivity contribution in [3.05, 3.63) is 70.1 Å². The summed E-state index contributed by atoms with van der Waals surface area (Å²) in [6, 6.07) is 12.4. The molecule has 2 rings (SSSR count). The van der Waals surface area contributed by atoms with Crippen LogP contribution in [0.15, 0.2) is 53.5 Å². The molecule has 0 saturated heterocycles. The number of aromatic nitrogens is 1. The summed E-state index contributed by atoms with van der Waals surface area (Å²) in [5.74, 6) is -0.198. The fourth-order valence-electron chi connectivity index (χ4n) is 1.70. The molecule has 92 valence electrons. The van der Waals surface area contributed by atoms with E-state index in [0.717, 1.165) is 5.56 Å². The molecule has 0 aliphatic heterocycles. The first-order valence-electron chi connectivity index (χ1n) is 5.65. The summed E-state index contributed by atoms with van der Waals surface area (Å²) >= 11 is 0. The van der Waals surface area contributed by atoms with Crippen LogP contribution in [0, 0.1) is 0 Å². The van der Waals surface area contributed by atoms with Gasteiger partial charge >= 0.3 is 0 Å². The smallest absolute Gasteiger partial charge is 0.270 e. The Morgan fingerprint density at radius 3 is 2.61 bits per heavy atom. The van der Waals surface area contributed by atoms with Gasteiger partial charge in [-0.1, -0.05) is 30.3 Å². The maximum absolute atomic E-state index is 12.1. The van der Waals surface area contributed by atoms with Gasteiger partial charge in [-0.05, 0) is 5.56 Å². The standard InChI is InChI=1S/C14H14N2O2/c1-16(10-11-5-3-2-4-6-11)14(18)13-9-12(17)7-8-15-13/h2-9H,10H2,1H3,(H,15,17). The highest BCUT2D eigenvalue weighted by atomic mass is 16.2. The summed E-state index contributed by atoms with van der Waals surface area (Å²) in [6.07, 6.45) is 1.48. The van der Waals surface area contributed by atoms with Crippen molar-refractivity contribution in [2.24, 2.45) is 0 Å². The lowest BCUT2D eigenvalue weighted by Gasteiger charge is -2.16. The quantitative estimate of drug-likeness (QED) is 0.889. The Morgan fingerprint density at radius 1 is 1.22 bits per heavy atom. The number of H-pyrrole nitrogens is 1. The third kappa shape index (κ3) is 2.85. The Bertz CT molecular complexity index is 590. The maximum atomic E-state index is 12.1. The summed E-state index contributed by atoms with van der Waals surface area (Å²) in [6.45, 7) is 0.511. The molecule has 2 aromatic rings. The molecule has 1 aromatic carbocycles. The molecule has 0 radical (unpaired) electrons. The average Bonchev–Trinajstić information content (AvgIpc) is 2.39. The first-order valence-corrected chi connectivity index (χ1v) is 5.65. The number of nitrogens with zero attached hydrogens (tertiary/aromatic N) is 1. The zero-order chi connectivity index (χ0) is 13.0. The summed E-state index contributed by atoms with van der Waals surface area (Å²) < 4.78 is 0. The largest absolute Gasteiger partial charge is 0.357 e. The minimum absolute atomic E-state index is 0.176. The van der Waals surface area contributed by atoms with Gasteiger partial charge in [0, 0.05) is 31.9 Å². The Kier molecular flexibility index (Phi) is 3.57. The molecule has 18 heavy (non-hydrogen) atoms. The van der Waals surface area contributed by atoms with Crippen LogP contribution < -0.4 is 5.43 Å². The van der Waals surface area contributed by atoms with E-state index in [1.54, 1.807) is 11.9 Å². The van der Waals surface area contributed by atoms with Crippen LogP contribution in [0.2, 0.25) is 0 Å². The monoisotopic (exact) mass is 242 g/mol. The Balaban J connectivity index is 2.12. The number of carbonyl (C=O) groups excluding carboxylic acids is 1. The van der Waals surface area contributed by atoms with Gasteiger partial charge in [0.05, 0.1) is 0 Å². The Hall–Kier alpha value is -2.36. The van der Waals surface area contributed by atoms with E-state index >= 15 is 0 Å². The molecule has 1 amide bonds. The zero-order valence-electron chi connectivity index (χ0n) is 10.1. The molecule has 0 aliphatic rings. The van der Waals surface area contributed by atoms with E-state index in [4.69, 9.17) is 0 Å². The van der Waals surface area contributed by atoms with Crippen molar-refractivity contribution in [1.82, 2.24) is 9.88 Å². The van der Waals surface area contributed by atoms with Gasteiger partial charge in [0.15, 0.2) is 5.43 Å². The van der Waals surface area contributed by atoms with Crippen LogP contribution in [0.25, 0.3) is 0 Å². The highest BCUT2D eigenvalue weighted by Crippen LogP contribution is 2.05. The normalized spacial score (nSPS) is 10.1. The van der Waals surface area contributed by atoms with Crippen LogP contribution in [0.1, 0.15) is 16.1 Å². The molecule has 4 nitrogen and oxygen atoms in total. The summed E-state index contributed by atoms with van der Waals surface area (Å²) in [5, 5.41) is 0. The fraction of sp³-hybridized carbons (Fsp3) is 0.143. The van der Waals surface area contributed by atoms with Gasteiger partial charge in [-0.3, -0.25) is 9.59 Å². The third-order valence-corrected chi connectivity index (χ3v) is 2.61. The topological polar surface area (TPSA) is 53.2 Å². The van der Waals surface area contributed by atoms with Crippen molar-refractivity contribution >= 4 is 5.91 Å². The van der Waals surface area contributed by atoms with Crippen LogP contribution in [0.4, 0.5) is 0 Å². The number of nitrogens with one attached hydrogen (secondary N) is 1. The molecule has 0 fully saturated rings.